The lowest BCUT2D eigenvalue weighted by atomic mass is 9.95. The van der Waals surface area contributed by atoms with Crippen LogP contribution >= 0.6 is 0 Å². The van der Waals surface area contributed by atoms with Gasteiger partial charge < -0.3 is 14.2 Å². The minimum Gasteiger partial charge on any atom is -0.489 e. The molecule has 0 amide bonds. The van der Waals surface area contributed by atoms with Crippen LogP contribution in [0.15, 0.2) is 66.7 Å². The quantitative estimate of drug-likeness (QED) is 0.201. The summed E-state index contributed by atoms with van der Waals surface area (Å²) in [5.41, 5.74) is 2.17. The lowest BCUT2D eigenvalue weighted by Gasteiger charge is -2.27. The predicted octanol–water partition coefficient (Wildman–Crippen LogP) is 7.58. The number of esters is 2. The molecule has 0 aliphatic carbocycles. The minimum absolute atomic E-state index is 0.0350. The van der Waals surface area contributed by atoms with E-state index in [4.69, 9.17) is 14.2 Å². The first-order valence-corrected chi connectivity index (χ1v) is 16.0. The lowest BCUT2D eigenvalue weighted by Crippen LogP contribution is -2.41. The van der Waals surface area contributed by atoms with Crippen LogP contribution in [0.2, 0.25) is 0 Å². The number of ether oxygens (including phenoxy) is 3. The molecule has 0 radical (unpaired) electrons. The zero-order valence-electron chi connectivity index (χ0n) is 27.2. The zero-order chi connectivity index (χ0) is 34.3. The van der Waals surface area contributed by atoms with Gasteiger partial charge in [0.1, 0.15) is 24.0 Å². The molecule has 0 aromatic heterocycles. The summed E-state index contributed by atoms with van der Waals surface area (Å²) >= 11 is 0. The molecule has 0 spiro atoms. The van der Waals surface area contributed by atoms with Gasteiger partial charge in [-0.15, -0.1) is 0 Å². The largest absolute Gasteiger partial charge is 0.489 e. The van der Waals surface area contributed by atoms with Gasteiger partial charge in [0, 0.05) is 12.0 Å². The number of para-hydroxylation sites is 1. The highest BCUT2D eigenvalue weighted by molar-refractivity contribution is 7.84. The van der Waals surface area contributed by atoms with Gasteiger partial charge in [-0.25, -0.2) is 8.93 Å². The molecule has 11 heteroatoms. The van der Waals surface area contributed by atoms with Crippen molar-refractivity contribution < 1.29 is 41.2 Å². The molecule has 1 N–H and O–H groups in total. The predicted molar refractivity (Wildman–Crippen MR) is 172 cm³/mol. The molecule has 46 heavy (non-hydrogen) atoms. The third-order valence-electron chi connectivity index (χ3n) is 6.68. The highest BCUT2D eigenvalue weighted by Crippen LogP contribution is 2.37. The van der Waals surface area contributed by atoms with E-state index >= 15 is 0 Å². The van der Waals surface area contributed by atoms with Crippen molar-refractivity contribution >= 4 is 22.9 Å². The van der Waals surface area contributed by atoms with Gasteiger partial charge in [-0.2, -0.15) is 13.2 Å². The molecule has 0 saturated carbocycles. The average Bonchev–Trinajstić information content (AvgIpc) is 2.96. The Hall–Kier alpha value is -3.70. The van der Waals surface area contributed by atoms with Gasteiger partial charge in [-0.3, -0.25) is 9.59 Å². The smallest absolute Gasteiger partial charge is 0.408 e. The van der Waals surface area contributed by atoms with Crippen molar-refractivity contribution in [3.63, 3.8) is 0 Å². The highest BCUT2D eigenvalue weighted by Gasteiger charge is 2.43. The van der Waals surface area contributed by atoms with Gasteiger partial charge >= 0.3 is 18.1 Å². The second kappa shape index (κ2) is 15.3. The standard InChI is InChI=1S/C35H42F3NO6S/c1-33(2,3)45-30(40)16-15-23-11-10-13-25(17-23)27-18-24(22-44-29-14-9-8-12-26(29)21-31(41)43-7)19-28(20-27)32(35(36,37)38)39-46(42)34(4,5)6/h8-14,17-20,32,39H,15-16,21-22H2,1-7H3. The van der Waals surface area contributed by atoms with Crippen LogP contribution in [0, 0.1) is 0 Å². The number of aryl methyl sites for hydroxylation is 1. The number of benzene rings is 3. The molecule has 0 aliphatic rings. The zero-order valence-corrected chi connectivity index (χ0v) is 28.1. The number of carbonyl (C=O) groups excluding carboxylic acids is 2. The number of hydrogen-bond donors (Lipinski definition) is 1. The van der Waals surface area contributed by atoms with Crippen LogP contribution in [0.4, 0.5) is 13.2 Å². The van der Waals surface area contributed by atoms with E-state index in [-0.39, 0.29) is 31.0 Å². The van der Waals surface area contributed by atoms with Crippen molar-refractivity contribution in [3.8, 4) is 16.9 Å². The third kappa shape index (κ3) is 11.3. The maximum absolute atomic E-state index is 14.5. The number of carbonyl (C=O) groups is 2. The van der Waals surface area contributed by atoms with Crippen LogP contribution in [0.3, 0.4) is 0 Å². The number of halogens is 3. The molecule has 0 heterocycles. The van der Waals surface area contributed by atoms with Crippen molar-refractivity contribution in [2.45, 2.75) is 90.0 Å². The first-order valence-electron chi connectivity index (χ1n) is 14.8. The Morgan fingerprint density at radius 1 is 0.848 bits per heavy atom. The fraction of sp³-hybridized carbons (Fsp3) is 0.429. The molecule has 0 fully saturated rings. The van der Waals surface area contributed by atoms with Crippen molar-refractivity contribution in [2.24, 2.45) is 0 Å². The second-order valence-electron chi connectivity index (χ2n) is 12.9. The van der Waals surface area contributed by atoms with Crippen molar-refractivity contribution in [2.75, 3.05) is 7.11 Å². The van der Waals surface area contributed by atoms with Gasteiger partial charge in [-0.1, -0.05) is 48.5 Å². The molecule has 0 bridgehead atoms. The topological polar surface area (TPSA) is 90.9 Å². The number of hydrogen-bond acceptors (Lipinski definition) is 6. The van der Waals surface area contributed by atoms with E-state index in [9.17, 15) is 27.0 Å². The Balaban J connectivity index is 2.03. The van der Waals surface area contributed by atoms with Crippen LogP contribution < -0.4 is 9.46 Å². The monoisotopic (exact) mass is 661 g/mol. The average molecular weight is 662 g/mol. The maximum atomic E-state index is 14.5. The first kappa shape index (κ1) is 36.8. The number of nitrogens with one attached hydrogen (secondary N) is 1. The molecule has 3 rings (SSSR count). The van der Waals surface area contributed by atoms with E-state index in [1.807, 2.05) is 12.1 Å². The Bertz CT molecular complexity index is 1540. The van der Waals surface area contributed by atoms with Gasteiger partial charge in [0.25, 0.3) is 0 Å². The summed E-state index contributed by atoms with van der Waals surface area (Å²) < 4.78 is 74.0. The third-order valence-corrected chi connectivity index (χ3v) is 8.25. The van der Waals surface area contributed by atoms with E-state index in [1.165, 1.54) is 19.2 Å². The SMILES string of the molecule is COC(=O)Cc1ccccc1OCc1cc(-c2cccc(CCC(=O)OC(C)(C)C)c2)cc(C(NS(=O)C(C)(C)C)C(F)(F)F)c1. The summed E-state index contributed by atoms with van der Waals surface area (Å²) in [4.78, 5) is 24.2. The summed E-state index contributed by atoms with van der Waals surface area (Å²) in [6.07, 6.45) is -4.27. The molecular weight excluding hydrogens is 619 g/mol. The molecule has 7 nitrogen and oxygen atoms in total. The van der Waals surface area contributed by atoms with Gasteiger partial charge in [0.2, 0.25) is 0 Å². The molecule has 0 saturated heterocycles. The summed E-state index contributed by atoms with van der Waals surface area (Å²) in [7, 11) is -0.742. The first-order chi connectivity index (χ1) is 21.4. The molecule has 3 aromatic rings. The van der Waals surface area contributed by atoms with E-state index in [1.54, 1.807) is 84.0 Å². The van der Waals surface area contributed by atoms with Gasteiger partial charge in [0.15, 0.2) is 0 Å². The van der Waals surface area contributed by atoms with Crippen LogP contribution in [0.5, 0.6) is 5.75 Å². The van der Waals surface area contributed by atoms with Crippen LogP contribution in [-0.4, -0.2) is 39.8 Å². The van der Waals surface area contributed by atoms with Crippen LogP contribution in [0.1, 0.15) is 76.3 Å². The summed E-state index contributed by atoms with van der Waals surface area (Å²) in [6, 6.07) is 16.4. The Labute approximate surface area is 271 Å². The van der Waals surface area contributed by atoms with Crippen LogP contribution in [0.25, 0.3) is 11.1 Å². The number of rotatable bonds is 12. The summed E-state index contributed by atoms with van der Waals surface area (Å²) in [5, 5.41) is 0. The van der Waals surface area contributed by atoms with E-state index < -0.39 is 39.5 Å². The number of alkyl halides is 3. The maximum Gasteiger partial charge on any atom is 0.408 e. The Morgan fingerprint density at radius 2 is 1.52 bits per heavy atom. The van der Waals surface area contributed by atoms with E-state index in [0.29, 0.717) is 34.4 Å². The Kier molecular flexibility index (Phi) is 12.2. The van der Waals surface area contributed by atoms with Crippen molar-refractivity contribution in [1.82, 2.24) is 4.72 Å². The summed E-state index contributed by atoms with van der Waals surface area (Å²) in [6.45, 7) is 10.0. The summed E-state index contributed by atoms with van der Waals surface area (Å²) in [5.74, 6) is -0.418. The molecule has 250 valence electrons. The number of methoxy groups -OCH3 is 1. The van der Waals surface area contributed by atoms with Crippen molar-refractivity contribution in [3.05, 3.63) is 89.0 Å². The molecule has 3 aromatic carbocycles. The van der Waals surface area contributed by atoms with Gasteiger partial charge in [0.05, 0.1) is 29.3 Å². The van der Waals surface area contributed by atoms with E-state index in [0.717, 1.165) is 5.56 Å². The fourth-order valence-electron chi connectivity index (χ4n) is 4.47. The van der Waals surface area contributed by atoms with Crippen molar-refractivity contribution in [1.29, 1.82) is 0 Å². The highest BCUT2D eigenvalue weighted by atomic mass is 32.2. The molecular formula is C35H42F3NO6S. The molecule has 0 aliphatic heterocycles. The normalized spacial score (nSPS) is 13.5. The van der Waals surface area contributed by atoms with Crippen LogP contribution in [-0.2, 0) is 49.5 Å². The molecule has 2 unspecified atom stereocenters. The second-order valence-corrected chi connectivity index (χ2v) is 14.9. The lowest BCUT2D eigenvalue weighted by molar-refractivity contribution is -0.155. The fourth-order valence-corrected chi connectivity index (χ4v) is 5.30. The van der Waals surface area contributed by atoms with E-state index in [2.05, 4.69) is 4.72 Å². The van der Waals surface area contributed by atoms with Gasteiger partial charge in [-0.05, 0) is 94.0 Å². The Morgan fingerprint density at radius 3 is 2.15 bits per heavy atom. The minimum atomic E-state index is -4.76. The molecule has 2 atom stereocenters.